The summed E-state index contributed by atoms with van der Waals surface area (Å²) in [7, 11) is 3.08. The molecule has 64 heavy (non-hydrogen) atoms. The Bertz CT molecular complexity index is 2680. The number of aromatic hydroxyl groups is 2. The summed E-state index contributed by atoms with van der Waals surface area (Å²) < 4.78 is 37.7. The highest BCUT2D eigenvalue weighted by Gasteiger charge is 2.62. The largest absolute Gasteiger partial charge is 0.504 e. The maximum absolute atomic E-state index is 14.1. The van der Waals surface area contributed by atoms with Gasteiger partial charge in [-0.2, -0.15) is 5.26 Å². The van der Waals surface area contributed by atoms with Gasteiger partial charge in [0.1, 0.15) is 29.7 Å². The number of esters is 1. The van der Waals surface area contributed by atoms with Gasteiger partial charge in [-0.15, -0.1) is 18.3 Å². The molecular weight excluding hydrogens is 833 g/mol. The van der Waals surface area contributed by atoms with Crippen LogP contribution >= 0.6 is 11.8 Å². The molecule has 0 aliphatic carbocycles. The van der Waals surface area contributed by atoms with Crippen LogP contribution in [0.3, 0.4) is 0 Å². The normalized spacial score (nSPS) is 26.5. The Labute approximate surface area is 376 Å². The Hall–Kier alpha value is -6.11. The van der Waals surface area contributed by atoms with Crippen molar-refractivity contribution < 1.29 is 43.4 Å². The van der Waals surface area contributed by atoms with Gasteiger partial charge in [-0.1, -0.05) is 49.1 Å². The number of hydrogen-bond acceptors (Lipinski definition) is 14. The van der Waals surface area contributed by atoms with Crippen LogP contribution in [0.4, 0.5) is 0 Å². The minimum atomic E-state index is -0.970. The van der Waals surface area contributed by atoms with Crippen molar-refractivity contribution in [3.8, 4) is 46.3 Å². The number of methoxy groups -OCH3 is 2. The Morgan fingerprint density at radius 3 is 2.59 bits per heavy atom. The fraction of sp³-hybridized carbons (Fsp3) is 0.360. The molecular formula is C50H50N4O9S. The molecule has 0 aromatic heterocycles. The molecule has 0 amide bonds. The number of nitrogens with zero attached hydrogens (tertiary/aromatic N) is 3. The van der Waals surface area contributed by atoms with Gasteiger partial charge in [0.25, 0.3) is 0 Å². The number of piperazine rings is 1. The predicted molar refractivity (Wildman–Crippen MR) is 241 cm³/mol. The van der Waals surface area contributed by atoms with Crippen LogP contribution in [0.1, 0.15) is 67.4 Å². The third-order valence-electron chi connectivity index (χ3n) is 13.9. The molecule has 4 aromatic carbocycles. The van der Waals surface area contributed by atoms with Crippen LogP contribution in [0.5, 0.6) is 40.2 Å². The van der Waals surface area contributed by atoms with E-state index < -0.39 is 40.9 Å². The molecule has 13 nitrogen and oxygen atoms in total. The molecule has 4 aromatic rings. The van der Waals surface area contributed by atoms with Gasteiger partial charge in [-0.25, -0.2) is 4.79 Å². The van der Waals surface area contributed by atoms with E-state index in [4.69, 9.17) is 28.4 Å². The van der Waals surface area contributed by atoms with E-state index in [-0.39, 0.29) is 30.9 Å². The van der Waals surface area contributed by atoms with E-state index in [9.17, 15) is 20.3 Å². The van der Waals surface area contributed by atoms with E-state index in [2.05, 4.69) is 40.4 Å². The second-order valence-electron chi connectivity index (χ2n) is 17.1. The summed E-state index contributed by atoms with van der Waals surface area (Å²) in [6.07, 6.45) is 6.13. The lowest BCUT2D eigenvalue weighted by molar-refractivity contribution is -0.129. The summed E-state index contributed by atoms with van der Waals surface area (Å²) in [5, 5.41) is 38.0. The average molecular weight is 883 g/mol. The molecule has 2 fully saturated rings. The van der Waals surface area contributed by atoms with Crippen LogP contribution in [0.15, 0.2) is 79.6 Å². The van der Waals surface area contributed by atoms with Gasteiger partial charge in [-0.3, -0.25) is 9.80 Å². The molecule has 1 spiro atoms. The van der Waals surface area contributed by atoms with Gasteiger partial charge >= 0.3 is 5.97 Å². The zero-order valence-corrected chi connectivity index (χ0v) is 37.0. The van der Waals surface area contributed by atoms with Crippen molar-refractivity contribution in [1.82, 2.24) is 15.1 Å². The van der Waals surface area contributed by atoms with Crippen LogP contribution in [0.25, 0.3) is 6.08 Å². The lowest BCUT2D eigenvalue weighted by Crippen LogP contribution is -2.70. The van der Waals surface area contributed by atoms with Crippen molar-refractivity contribution in [3.05, 3.63) is 130 Å². The van der Waals surface area contributed by atoms with Gasteiger partial charge in [0.15, 0.2) is 34.5 Å². The summed E-state index contributed by atoms with van der Waals surface area (Å²) in [6, 6.07) is 15.3. The number of carbonyl (C=O) groups is 1. The standard InChI is InChI=1S/C50H50N4O9S/c1-7-17-53-33-19-31-18-26(2)45(59-6)44(57)39(31)42(53)43-49-41-40(48-47(61-25-62-48)27(3)46(41)63-38(56)14-13-29-11-9-8-10-12-29)35(54(43)34(33)22-51)23-60-28(4)50(24-64-49)32-21-37(58-5)36(55)20-30(32)15-16-52-50/h7-14,18,20-21,33-35,42-43,49,52,55,57H,1,4,15-17,19,23-25H2,2-3,5-6H3/b14-13+/t33?,34-,35-,42?,43?,49+,50-/m0/s1. The van der Waals surface area contributed by atoms with Gasteiger partial charge in [0.2, 0.25) is 6.79 Å². The summed E-state index contributed by atoms with van der Waals surface area (Å²) in [6.45, 7) is 13.5. The highest BCUT2D eigenvalue weighted by molar-refractivity contribution is 7.99. The molecule has 4 bridgehead atoms. The molecule has 7 heterocycles. The predicted octanol–water partition coefficient (Wildman–Crippen LogP) is 7.22. The second kappa shape index (κ2) is 16.2. The summed E-state index contributed by atoms with van der Waals surface area (Å²) >= 11 is 1.62. The van der Waals surface area contributed by atoms with Crippen molar-refractivity contribution >= 4 is 23.8 Å². The van der Waals surface area contributed by atoms with Crippen LogP contribution in [0.2, 0.25) is 0 Å². The zero-order chi connectivity index (χ0) is 44.6. The highest BCUT2D eigenvalue weighted by Crippen LogP contribution is 2.65. The third kappa shape index (κ3) is 6.27. The fourth-order valence-electron chi connectivity index (χ4n) is 11.3. The van der Waals surface area contributed by atoms with E-state index in [1.165, 1.54) is 13.2 Å². The number of fused-ring (bicyclic) bond motifs is 9. The van der Waals surface area contributed by atoms with E-state index in [1.807, 2.05) is 56.3 Å². The first kappa shape index (κ1) is 41.9. The molecule has 0 saturated carbocycles. The van der Waals surface area contributed by atoms with Gasteiger partial charge in [0.05, 0.1) is 37.6 Å². The Morgan fingerprint density at radius 1 is 1.05 bits per heavy atom. The molecule has 14 heteroatoms. The van der Waals surface area contributed by atoms with Crippen LogP contribution < -0.4 is 29.0 Å². The molecule has 11 rings (SSSR count). The first-order valence-electron chi connectivity index (χ1n) is 21.5. The minimum Gasteiger partial charge on any atom is -0.504 e. The number of hydrogen-bond donors (Lipinski definition) is 3. The van der Waals surface area contributed by atoms with Gasteiger partial charge in [0, 0.05) is 59.3 Å². The topological polar surface area (TPSA) is 155 Å². The number of phenolic OH excluding ortho intramolecular Hbond substituents is 2. The lowest BCUT2D eigenvalue weighted by Gasteiger charge is -2.62. The number of carbonyl (C=O) groups excluding carboxylic acids is 1. The Kier molecular flexibility index (Phi) is 10.6. The smallest absolute Gasteiger partial charge is 0.336 e. The number of nitrogens with one attached hydrogen (secondary N) is 1. The zero-order valence-electron chi connectivity index (χ0n) is 36.2. The minimum absolute atomic E-state index is 0.0307. The quantitative estimate of drug-likeness (QED) is 0.0740. The third-order valence-corrected chi connectivity index (χ3v) is 15.4. The van der Waals surface area contributed by atoms with Crippen molar-refractivity contribution in [2.45, 2.75) is 67.7 Å². The van der Waals surface area contributed by atoms with Crippen LogP contribution in [-0.2, 0) is 27.9 Å². The highest BCUT2D eigenvalue weighted by atomic mass is 32.2. The number of rotatable bonds is 7. The van der Waals surface area contributed by atoms with Gasteiger partial charge in [-0.05, 0) is 72.7 Å². The Morgan fingerprint density at radius 2 is 1.84 bits per heavy atom. The van der Waals surface area contributed by atoms with Crippen LogP contribution in [-0.4, -0.2) is 90.6 Å². The van der Waals surface area contributed by atoms with Crippen LogP contribution in [0, 0.1) is 25.2 Å². The molecule has 2 saturated heterocycles. The average Bonchev–Trinajstić information content (AvgIpc) is 3.79. The molecule has 3 N–H and O–H groups in total. The second-order valence-corrected chi connectivity index (χ2v) is 18.2. The molecule has 7 aliphatic rings. The molecule has 7 aliphatic heterocycles. The molecule has 7 atom stereocenters. The van der Waals surface area contributed by atoms with Crippen molar-refractivity contribution in [2.75, 3.05) is 46.5 Å². The van der Waals surface area contributed by atoms with E-state index in [0.29, 0.717) is 71.8 Å². The molecule has 0 radical (unpaired) electrons. The number of aryl methyl sites for hydroxylation is 1. The van der Waals surface area contributed by atoms with Gasteiger partial charge < -0.3 is 44.0 Å². The molecule has 330 valence electrons. The summed E-state index contributed by atoms with van der Waals surface area (Å²) in [4.78, 5) is 18.7. The number of ether oxygens (including phenoxy) is 6. The monoisotopic (exact) mass is 882 g/mol. The Balaban J connectivity index is 1.24. The SMILES string of the molecule is C=CCN1C2c3c(cc(C)c(OC)c3O)CC1[C@H](C#N)N1C2[C@@H]2SC[C@]3(NCCc4cc(O)c(OC)cc43)C(=C)OC[C@H]1c1c3c(c(C)c(OC(=O)/C=C/c4ccccc4)c12)OCO3. The van der Waals surface area contributed by atoms with Crippen molar-refractivity contribution in [1.29, 1.82) is 5.26 Å². The maximum atomic E-state index is 14.1. The van der Waals surface area contributed by atoms with Crippen molar-refractivity contribution in [3.63, 3.8) is 0 Å². The number of nitriles is 1. The van der Waals surface area contributed by atoms with Crippen molar-refractivity contribution in [2.24, 2.45) is 0 Å². The van der Waals surface area contributed by atoms with E-state index in [0.717, 1.165) is 44.5 Å². The first-order chi connectivity index (χ1) is 31.0. The molecule has 3 unspecified atom stereocenters. The number of thioether (sulfide) groups is 1. The first-order valence-corrected chi connectivity index (χ1v) is 22.5. The summed E-state index contributed by atoms with van der Waals surface area (Å²) in [5.41, 5.74) is 6.17. The summed E-state index contributed by atoms with van der Waals surface area (Å²) in [5.74, 6) is 2.38. The number of benzene rings is 4. The van der Waals surface area contributed by atoms with E-state index in [1.54, 1.807) is 31.0 Å². The lowest BCUT2D eigenvalue weighted by atomic mass is 9.71. The number of phenols is 2. The fourth-order valence-corrected chi connectivity index (χ4v) is 13.0. The van der Waals surface area contributed by atoms with E-state index >= 15 is 0 Å². The maximum Gasteiger partial charge on any atom is 0.336 e.